The van der Waals surface area contributed by atoms with Gasteiger partial charge in [-0.05, 0) is 29.7 Å². The van der Waals surface area contributed by atoms with Gasteiger partial charge in [-0.25, -0.2) is 23.9 Å². The molecule has 0 radical (unpaired) electrons. The van der Waals surface area contributed by atoms with Crippen LogP contribution in [0.1, 0.15) is 23.2 Å². The van der Waals surface area contributed by atoms with Gasteiger partial charge < -0.3 is 25.2 Å². The number of carbonyl (C=O) groups is 2. The van der Waals surface area contributed by atoms with Gasteiger partial charge in [0.1, 0.15) is 10.8 Å². The molecule has 5 rings (SSSR count). The number of carbonyl (C=O) groups excluding carboxylic acids is 1. The van der Waals surface area contributed by atoms with E-state index in [0.29, 0.717) is 13.1 Å². The number of imidazole rings is 1. The van der Waals surface area contributed by atoms with Crippen LogP contribution in [0, 0.1) is 5.82 Å². The number of hydrogen-bond acceptors (Lipinski definition) is 6. The summed E-state index contributed by atoms with van der Waals surface area (Å²) in [4.78, 5) is 32.6. The second kappa shape index (κ2) is 17.0. The highest BCUT2D eigenvalue weighted by molar-refractivity contribution is 7.13. The molecule has 5 aromatic rings. The van der Waals surface area contributed by atoms with Crippen LogP contribution in [0.15, 0.2) is 103 Å². The Labute approximate surface area is 272 Å². The van der Waals surface area contributed by atoms with Crippen molar-refractivity contribution in [3.8, 4) is 10.6 Å². The van der Waals surface area contributed by atoms with E-state index in [1.807, 2.05) is 34.3 Å². The monoisotopic (exact) mass is 668 g/mol. The van der Waals surface area contributed by atoms with E-state index >= 15 is 0 Å². The number of anilines is 1. The molecule has 0 unspecified atom stereocenters. The average molecular weight is 669 g/mol. The number of alkyl halides is 3. The van der Waals surface area contributed by atoms with Gasteiger partial charge in [-0.15, -0.1) is 11.3 Å². The topological polar surface area (TPSA) is 112 Å². The second-order valence-corrected chi connectivity index (χ2v) is 11.1. The summed E-state index contributed by atoms with van der Waals surface area (Å²) in [5, 5.41) is 16.2. The van der Waals surface area contributed by atoms with Crippen LogP contribution in [0.4, 0.5) is 28.0 Å². The molecule has 246 valence electrons. The SMILES string of the molecule is O=C(Nc1ccccc1F)N(CCCn1ccnc1)Cc1csc(-c2ccc(CNCc3ccccc3)cc2)n1.O=C(O)C(F)(F)F. The molecule has 2 aromatic heterocycles. The molecule has 0 aliphatic carbocycles. The number of rotatable bonds is 12. The Bertz CT molecular complexity index is 1700. The zero-order valence-electron chi connectivity index (χ0n) is 25.0. The molecule has 14 heteroatoms. The number of urea groups is 1. The number of carboxylic acid groups (broad SMARTS) is 1. The average Bonchev–Trinajstić information content (AvgIpc) is 3.75. The Morgan fingerprint density at radius 2 is 1.60 bits per heavy atom. The lowest BCUT2D eigenvalue weighted by Gasteiger charge is -2.22. The van der Waals surface area contributed by atoms with Crippen molar-refractivity contribution in [2.45, 2.75) is 38.8 Å². The fourth-order valence-electron chi connectivity index (χ4n) is 4.29. The van der Waals surface area contributed by atoms with Crippen molar-refractivity contribution in [3.05, 3.63) is 126 Å². The van der Waals surface area contributed by atoms with Crippen LogP contribution in [0.25, 0.3) is 10.6 Å². The third-order valence-electron chi connectivity index (χ3n) is 6.66. The number of nitrogens with one attached hydrogen (secondary N) is 2. The molecule has 0 aliphatic heterocycles. The van der Waals surface area contributed by atoms with Gasteiger partial charge in [0.05, 0.1) is 24.3 Å². The van der Waals surface area contributed by atoms with Crippen LogP contribution in [-0.4, -0.2) is 49.3 Å². The summed E-state index contributed by atoms with van der Waals surface area (Å²) >= 11 is 1.55. The summed E-state index contributed by atoms with van der Waals surface area (Å²) in [6.07, 6.45) is 1.01. The van der Waals surface area contributed by atoms with Crippen molar-refractivity contribution in [1.29, 1.82) is 0 Å². The molecule has 9 nitrogen and oxygen atoms in total. The lowest BCUT2D eigenvalue weighted by Crippen LogP contribution is -2.36. The summed E-state index contributed by atoms with van der Waals surface area (Å²) in [5.41, 5.74) is 4.44. The summed E-state index contributed by atoms with van der Waals surface area (Å²) in [5.74, 6) is -3.23. The molecule has 3 N–H and O–H groups in total. The largest absolute Gasteiger partial charge is 0.490 e. The number of benzene rings is 3. The molecule has 47 heavy (non-hydrogen) atoms. The van der Waals surface area contributed by atoms with Gasteiger partial charge in [0, 0.05) is 49.5 Å². The fourth-order valence-corrected chi connectivity index (χ4v) is 5.11. The smallest absolute Gasteiger partial charge is 0.475 e. The molecule has 0 aliphatic rings. The van der Waals surface area contributed by atoms with E-state index in [9.17, 15) is 22.4 Å². The number of halogens is 4. The Morgan fingerprint density at radius 1 is 0.936 bits per heavy atom. The quantitative estimate of drug-likeness (QED) is 0.121. The van der Waals surface area contributed by atoms with Crippen molar-refractivity contribution < 1.29 is 32.3 Å². The van der Waals surface area contributed by atoms with Gasteiger partial charge in [-0.1, -0.05) is 66.7 Å². The number of hydrogen-bond donors (Lipinski definition) is 3. The normalized spacial score (nSPS) is 11.0. The molecule has 2 heterocycles. The minimum Gasteiger partial charge on any atom is -0.475 e. The Balaban J connectivity index is 0.000000644. The maximum atomic E-state index is 14.2. The first-order valence-electron chi connectivity index (χ1n) is 14.4. The van der Waals surface area contributed by atoms with Gasteiger partial charge in [-0.2, -0.15) is 13.2 Å². The summed E-state index contributed by atoms with van der Waals surface area (Å²) in [6, 6.07) is 24.5. The van der Waals surface area contributed by atoms with Crippen LogP contribution in [0.2, 0.25) is 0 Å². The van der Waals surface area contributed by atoms with Crippen LogP contribution >= 0.6 is 11.3 Å². The van der Waals surface area contributed by atoms with Gasteiger partial charge >= 0.3 is 18.2 Å². The first kappa shape index (κ1) is 34.8. The van der Waals surface area contributed by atoms with Crippen LogP contribution in [-0.2, 0) is 31.0 Å². The van der Waals surface area contributed by atoms with Crippen molar-refractivity contribution in [3.63, 3.8) is 0 Å². The summed E-state index contributed by atoms with van der Waals surface area (Å²) in [7, 11) is 0. The first-order valence-corrected chi connectivity index (χ1v) is 15.3. The summed E-state index contributed by atoms with van der Waals surface area (Å²) in [6.45, 7) is 3.13. The van der Waals surface area contributed by atoms with Crippen molar-refractivity contribution in [1.82, 2.24) is 24.8 Å². The number of thiazole rings is 1. The number of aliphatic carboxylic acids is 1. The summed E-state index contributed by atoms with van der Waals surface area (Å²) < 4.78 is 47.9. The van der Waals surface area contributed by atoms with Crippen molar-refractivity contribution >= 4 is 29.0 Å². The molecule has 0 spiro atoms. The Kier molecular flexibility index (Phi) is 12.6. The predicted molar refractivity (Wildman–Crippen MR) is 171 cm³/mol. The zero-order chi connectivity index (χ0) is 33.6. The highest BCUT2D eigenvalue weighted by atomic mass is 32.1. The zero-order valence-corrected chi connectivity index (χ0v) is 25.8. The molecular weight excluding hydrogens is 636 g/mol. The van der Waals surface area contributed by atoms with Crippen molar-refractivity contribution in [2.24, 2.45) is 0 Å². The number of para-hydroxylation sites is 1. The lowest BCUT2D eigenvalue weighted by molar-refractivity contribution is -0.192. The van der Waals surface area contributed by atoms with E-state index < -0.39 is 18.0 Å². The standard InChI is InChI=1S/C31H31FN6OS.C2HF3O2/c32-28-9-4-5-10-29(28)36-31(39)38(17-6-16-37-18-15-33-23-37)21-27-22-40-30(35-27)26-13-11-25(12-14-26)20-34-19-24-7-2-1-3-8-24;3-2(4,5)1(6)7/h1-5,7-15,18,22-23,34H,6,16-17,19-21H2,(H,36,39);(H,6,7). The molecule has 0 saturated carbocycles. The minimum atomic E-state index is -5.08. The number of carboxylic acids is 1. The number of nitrogens with zero attached hydrogens (tertiary/aromatic N) is 4. The van der Waals surface area contributed by atoms with E-state index in [1.54, 1.807) is 47.0 Å². The molecule has 0 fully saturated rings. The third kappa shape index (κ3) is 11.3. The molecule has 3 aromatic carbocycles. The number of aryl methyl sites for hydroxylation is 1. The highest BCUT2D eigenvalue weighted by Gasteiger charge is 2.38. The maximum Gasteiger partial charge on any atom is 0.490 e. The molecule has 2 amide bonds. The molecular formula is C33H32F4N6O3S. The molecule has 0 bridgehead atoms. The van der Waals surface area contributed by atoms with Crippen LogP contribution in [0.5, 0.6) is 0 Å². The minimum absolute atomic E-state index is 0.157. The predicted octanol–water partition coefficient (Wildman–Crippen LogP) is 7.19. The Morgan fingerprint density at radius 3 is 2.23 bits per heavy atom. The number of amides is 2. The van der Waals surface area contributed by atoms with Gasteiger partial charge in [0.2, 0.25) is 0 Å². The highest BCUT2D eigenvalue weighted by Crippen LogP contribution is 2.25. The number of aromatic nitrogens is 3. The van der Waals surface area contributed by atoms with Gasteiger partial charge in [0.25, 0.3) is 0 Å². The third-order valence-corrected chi connectivity index (χ3v) is 7.60. The van der Waals surface area contributed by atoms with Crippen LogP contribution < -0.4 is 10.6 Å². The van der Waals surface area contributed by atoms with Gasteiger partial charge in [-0.3, -0.25) is 0 Å². The lowest BCUT2D eigenvalue weighted by atomic mass is 10.1. The van der Waals surface area contributed by atoms with Crippen molar-refractivity contribution in [2.75, 3.05) is 11.9 Å². The van der Waals surface area contributed by atoms with E-state index in [-0.39, 0.29) is 11.7 Å². The second-order valence-electron chi connectivity index (χ2n) is 10.2. The first-order chi connectivity index (χ1) is 22.6. The van der Waals surface area contributed by atoms with E-state index in [2.05, 4.69) is 52.0 Å². The maximum absolute atomic E-state index is 14.2. The van der Waals surface area contributed by atoms with E-state index in [1.165, 1.54) is 17.2 Å². The Hall–Kier alpha value is -5.08. The van der Waals surface area contributed by atoms with E-state index in [4.69, 9.17) is 14.9 Å². The molecule has 0 saturated heterocycles. The van der Waals surface area contributed by atoms with E-state index in [0.717, 1.165) is 42.3 Å². The fraction of sp³-hybridized carbons (Fsp3) is 0.212. The molecule has 0 atom stereocenters. The van der Waals surface area contributed by atoms with Crippen LogP contribution in [0.3, 0.4) is 0 Å². The van der Waals surface area contributed by atoms with Gasteiger partial charge in [0.15, 0.2) is 0 Å².